The lowest BCUT2D eigenvalue weighted by atomic mass is 10.2. The van der Waals surface area contributed by atoms with E-state index in [2.05, 4.69) is 10.2 Å². The summed E-state index contributed by atoms with van der Waals surface area (Å²) in [5.41, 5.74) is 1.02. The molecule has 2 rings (SSSR count). The summed E-state index contributed by atoms with van der Waals surface area (Å²) in [7, 11) is 0. The van der Waals surface area contributed by atoms with Crippen molar-refractivity contribution in [3.8, 4) is 5.75 Å². The fraction of sp³-hybridized carbons (Fsp3) is 0.421. The van der Waals surface area contributed by atoms with Crippen molar-refractivity contribution in [2.24, 2.45) is 0 Å². The Bertz CT molecular complexity index is 563. The van der Waals surface area contributed by atoms with Crippen LogP contribution in [0.2, 0.25) is 0 Å². The maximum absolute atomic E-state index is 11.6. The number of nitrogens with zero attached hydrogens (tertiary/aromatic N) is 1. The largest absolute Gasteiger partial charge is 0.492 e. The van der Waals surface area contributed by atoms with Crippen molar-refractivity contribution >= 4 is 5.91 Å². The molecule has 0 bridgehead atoms. The molecule has 1 aliphatic rings. The van der Waals surface area contributed by atoms with Gasteiger partial charge in [0.05, 0.1) is 13.2 Å². The van der Waals surface area contributed by atoms with Crippen LogP contribution in [0.4, 0.5) is 0 Å². The van der Waals surface area contributed by atoms with Crippen molar-refractivity contribution in [2.45, 2.75) is 13.5 Å². The predicted molar refractivity (Wildman–Crippen MR) is 95.0 cm³/mol. The van der Waals surface area contributed by atoms with E-state index in [-0.39, 0.29) is 5.91 Å². The van der Waals surface area contributed by atoms with Gasteiger partial charge in [0.25, 0.3) is 0 Å². The molecule has 5 heteroatoms. The minimum absolute atomic E-state index is 0.105. The van der Waals surface area contributed by atoms with Crippen LogP contribution in [0.5, 0.6) is 5.75 Å². The first-order chi connectivity index (χ1) is 11.8. The molecule has 1 fully saturated rings. The molecule has 1 aromatic carbocycles. The highest BCUT2D eigenvalue weighted by Crippen LogP contribution is 2.13. The number of benzene rings is 1. The summed E-state index contributed by atoms with van der Waals surface area (Å²) in [5.74, 6) is 0.728. The third kappa shape index (κ3) is 6.98. The lowest BCUT2D eigenvalue weighted by molar-refractivity contribution is -0.116. The third-order valence-electron chi connectivity index (χ3n) is 3.70. The molecule has 0 saturated carbocycles. The van der Waals surface area contributed by atoms with Crippen LogP contribution < -0.4 is 10.1 Å². The first-order valence-electron chi connectivity index (χ1n) is 8.37. The second kappa shape index (κ2) is 10.6. The monoisotopic (exact) mass is 330 g/mol. The highest BCUT2D eigenvalue weighted by atomic mass is 16.5. The second-order valence-electron chi connectivity index (χ2n) is 5.55. The van der Waals surface area contributed by atoms with Gasteiger partial charge in [-0.1, -0.05) is 30.4 Å². The Kier molecular flexibility index (Phi) is 8.07. The quantitative estimate of drug-likeness (QED) is 0.586. The van der Waals surface area contributed by atoms with Gasteiger partial charge in [-0.2, -0.15) is 0 Å². The predicted octanol–water partition coefficient (Wildman–Crippen LogP) is 2.15. The number of morpholine rings is 1. The number of carbonyl (C=O) groups excluding carboxylic acids is 1. The summed E-state index contributed by atoms with van der Waals surface area (Å²) in [6.45, 7) is 7.50. The zero-order valence-electron chi connectivity index (χ0n) is 14.2. The molecule has 0 aliphatic carbocycles. The summed E-state index contributed by atoms with van der Waals surface area (Å²) in [6, 6.07) is 7.83. The Labute approximate surface area is 143 Å². The number of ether oxygens (including phenoxy) is 2. The molecule has 1 heterocycles. The molecule has 1 aromatic rings. The van der Waals surface area contributed by atoms with Gasteiger partial charge in [0.1, 0.15) is 12.4 Å². The average Bonchev–Trinajstić information content (AvgIpc) is 2.62. The van der Waals surface area contributed by atoms with Crippen LogP contribution in [0.15, 0.2) is 48.6 Å². The highest BCUT2D eigenvalue weighted by Gasteiger charge is 2.09. The SMILES string of the molecule is C/C=C/C=C\C(=O)NCc1cccc(OCCN2CCOCC2)c1. The fourth-order valence-electron chi connectivity index (χ4n) is 2.36. The van der Waals surface area contributed by atoms with Gasteiger partial charge in [0.2, 0.25) is 5.91 Å². The van der Waals surface area contributed by atoms with Gasteiger partial charge in [-0.25, -0.2) is 0 Å². The zero-order valence-corrected chi connectivity index (χ0v) is 14.2. The van der Waals surface area contributed by atoms with E-state index in [1.807, 2.05) is 43.3 Å². The summed E-state index contributed by atoms with van der Waals surface area (Å²) < 4.78 is 11.1. The summed E-state index contributed by atoms with van der Waals surface area (Å²) >= 11 is 0. The minimum Gasteiger partial charge on any atom is -0.492 e. The minimum atomic E-state index is -0.105. The molecular weight excluding hydrogens is 304 g/mol. The maximum Gasteiger partial charge on any atom is 0.244 e. The number of allylic oxidation sites excluding steroid dienone is 3. The van der Waals surface area contributed by atoms with Crippen LogP contribution in [-0.2, 0) is 16.1 Å². The lowest BCUT2D eigenvalue weighted by Crippen LogP contribution is -2.38. The van der Waals surface area contributed by atoms with Gasteiger partial charge < -0.3 is 14.8 Å². The number of rotatable bonds is 8. The van der Waals surface area contributed by atoms with Crippen LogP contribution >= 0.6 is 0 Å². The second-order valence-corrected chi connectivity index (χ2v) is 5.55. The van der Waals surface area contributed by atoms with Crippen LogP contribution in [-0.4, -0.2) is 50.3 Å². The Balaban J connectivity index is 1.73. The molecule has 24 heavy (non-hydrogen) atoms. The van der Waals surface area contributed by atoms with Crippen molar-refractivity contribution in [1.82, 2.24) is 10.2 Å². The third-order valence-corrected chi connectivity index (χ3v) is 3.70. The molecule has 0 aromatic heterocycles. The van der Waals surface area contributed by atoms with Crippen LogP contribution in [0.25, 0.3) is 0 Å². The smallest absolute Gasteiger partial charge is 0.244 e. The Morgan fingerprint density at radius 2 is 2.17 bits per heavy atom. The van der Waals surface area contributed by atoms with Gasteiger partial charge in [-0.3, -0.25) is 9.69 Å². The van der Waals surface area contributed by atoms with Gasteiger partial charge >= 0.3 is 0 Å². The van der Waals surface area contributed by atoms with Crippen molar-refractivity contribution < 1.29 is 14.3 Å². The van der Waals surface area contributed by atoms with Crippen molar-refractivity contribution in [3.05, 3.63) is 54.1 Å². The van der Waals surface area contributed by atoms with Crippen LogP contribution in [0, 0.1) is 0 Å². The topological polar surface area (TPSA) is 50.8 Å². The molecule has 1 N–H and O–H groups in total. The van der Waals surface area contributed by atoms with E-state index in [1.54, 1.807) is 6.08 Å². The lowest BCUT2D eigenvalue weighted by Gasteiger charge is -2.26. The average molecular weight is 330 g/mol. The molecule has 5 nitrogen and oxygen atoms in total. The molecule has 1 saturated heterocycles. The zero-order chi connectivity index (χ0) is 17.0. The normalized spacial score (nSPS) is 15.9. The van der Waals surface area contributed by atoms with Crippen molar-refractivity contribution in [3.63, 3.8) is 0 Å². The molecule has 1 aliphatic heterocycles. The van der Waals surface area contributed by atoms with Gasteiger partial charge in [0.15, 0.2) is 0 Å². The van der Waals surface area contributed by atoms with Gasteiger partial charge in [0, 0.05) is 32.3 Å². The number of carbonyl (C=O) groups is 1. The number of amides is 1. The fourth-order valence-corrected chi connectivity index (χ4v) is 2.36. The van der Waals surface area contributed by atoms with E-state index in [1.165, 1.54) is 6.08 Å². The first kappa shape index (κ1) is 18.2. The molecule has 0 unspecified atom stereocenters. The number of hydrogen-bond donors (Lipinski definition) is 1. The Hall–Kier alpha value is -2.11. The molecule has 1 amide bonds. The summed E-state index contributed by atoms with van der Waals surface area (Å²) in [4.78, 5) is 14.0. The number of hydrogen-bond acceptors (Lipinski definition) is 4. The molecule has 130 valence electrons. The van der Waals surface area contributed by atoms with E-state index in [0.29, 0.717) is 13.2 Å². The Morgan fingerprint density at radius 3 is 2.96 bits per heavy atom. The Morgan fingerprint density at radius 1 is 1.33 bits per heavy atom. The van der Waals surface area contributed by atoms with E-state index in [9.17, 15) is 4.79 Å². The van der Waals surface area contributed by atoms with E-state index < -0.39 is 0 Å². The van der Waals surface area contributed by atoms with Gasteiger partial charge in [-0.15, -0.1) is 0 Å². The maximum atomic E-state index is 11.6. The van der Waals surface area contributed by atoms with Crippen molar-refractivity contribution in [1.29, 1.82) is 0 Å². The molecular formula is C19H26N2O3. The van der Waals surface area contributed by atoms with Gasteiger partial charge in [-0.05, 0) is 24.6 Å². The van der Waals surface area contributed by atoms with E-state index in [0.717, 1.165) is 44.2 Å². The number of nitrogens with one attached hydrogen (secondary N) is 1. The van der Waals surface area contributed by atoms with E-state index >= 15 is 0 Å². The summed E-state index contributed by atoms with van der Waals surface area (Å²) in [5, 5.41) is 2.86. The molecule has 0 spiro atoms. The first-order valence-corrected chi connectivity index (χ1v) is 8.37. The summed E-state index contributed by atoms with van der Waals surface area (Å²) in [6.07, 6.45) is 6.94. The molecule has 0 radical (unpaired) electrons. The standard InChI is InChI=1S/C19H26N2O3/c1-2-3-4-8-19(22)20-16-17-6-5-7-18(15-17)24-14-11-21-9-12-23-13-10-21/h2-8,15H,9-14,16H2,1H3,(H,20,22)/b3-2+,8-4-. The van der Waals surface area contributed by atoms with Crippen molar-refractivity contribution in [2.75, 3.05) is 39.5 Å². The van der Waals surface area contributed by atoms with Crippen LogP contribution in [0.3, 0.4) is 0 Å². The molecule has 0 atom stereocenters. The van der Waals surface area contributed by atoms with E-state index in [4.69, 9.17) is 9.47 Å². The van der Waals surface area contributed by atoms with Crippen LogP contribution in [0.1, 0.15) is 12.5 Å². The highest BCUT2D eigenvalue weighted by molar-refractivity contribution is 5.87.